The van der Waals surface area contributed by atoms with Crippen molar-refractivity contribution in [3.8, 4) is 67.0 Å². The molecule has 0 fully saturated rings. The topological polar surface area (TPSA) is 17.3 Å². The van der Waals surface area contributed by atoms with Crippen molar-refractivity contribution in [1.82, 2.24) is 9.38 Å². The Hall–Kier alpha value is -7.03. The minimum Gasteiger partial charge on any atom is -0.299 e. The summed E-state index contributed by atoms with van der Waals surface area (Å²) in [5, 5.41) is 5.05. The molecule has 0 saturated heterocycles. The van der Waals surface area contributed by atoms with Gasteiger partial charge < -0.3 is 0 Å². The van der Waals surface area contributed by atoms with Gasteiger partial charge in [-0.25, -0.2) is 4.98 Å². The Morgan fingerprint density at radius 2 is 0.911 bits per heavy atom. The number of fused-ring (bicyclic) bond motifs is 6. The first kappa shape index (κ1) is 32.4. The van der Waals surface area contributed by atoms with E-state index in [9.17, 15) is 0 Å². The second-order valence-electron chi connectivity index (χ2n) is 15.5. The van der Waals surface area contributed by atoms with Crippen LogP contribution >= 0.6 is 0 Å². The van der Waals surface area contributed by atoms with Gasteiger partial charge in [-0.05, 0) is 101 Å². The van der Waals surface area contributed by atoms with Crippen LogP contribution in [0.2, 0.25) is 0 Å². The van der Waals surface area contributed by atoms with Gasteiger partial charge in [-0.2, -0.15) is 0 Å². The average Bonchev–Trinajstić information content (AvgIpc) is 3.75. The maximum atomic E-state index is 5.17. The van der Waals surface area contributed by atoms with Gasteiger partial charge in [0.2, 0.25) is 0 Å². The lowest BCUT2D eigenvalue weighted by atomic mass is 9.79. The highest BCUT2D eigenvalue weighted by Gasteiger charge is 2.36. The van der Waals surface area contributed by atoms with E-state index in [1.807, 2.05) is 0 Å². The highest BCUT2D eigenvalue weighted by Crippen LogP contribution is 2.53. The average molecular weight is 715 g/mol. The summed E-state index contributed by atoms with van der Waals surface area (Å²) in [5.74, 6) is 0. The summed E-state index contributed by atoms with van der Waals surface area (Å²) < 4.78 is 2.20. The van der Waals surface area contributed by atoms with Crippen LogP contribution in [0.5, 0.6) is 0 Å². The van der Waals surface area contributed by atoms with E-state index in [1.165, 1.54) is 77.2 Å². The summed E-state index contributed by atoms with van der Waals surface area (Å²) in [6.45, 7) is 4.75. The third kappa shape index (κ3) is 4.92. The molecular weight excluding hydrogens is 677 g/mol. The van der Waals surface area contributed by atoms with Gasteiger partial charge in [0.15, 0.2) is 0 Å². The largest absolute Gasteiger partial charge is 0.299 e. The van der Waals surface area contributed by atoms with Gasteiger partial charge in [0.05, 0.1) is 11.4 Å². The molecule has 0 spiro atoms. The molecule has 11 rings (SSSR count). The Morgan fingerprint density at radius 3 is 1.59 bits per heavy atom. The zero-order valence-electron chi connectivity index (χ0n) is 31.4. The van der Waals surface area contributed by atoms with Gasteiger partial charge >= 0.3 is 0 Å². The lowest BCUT2D eigenvalue weighted by Gasteiger charge is -2.24. The molecule has 56 heavy (non-hydrogen) atoms. The van der Waals surface area contributed by atoms with Crippen LogP contribution in [0.4, 0.5) is 0 Å². The molecule has 0 atom stereocenters. The summed E-state index contributed by atoms with van der Waals surface area (Å²) in [6.07, 6.45) is 2.11. The molecule has 8 aromatic carbocycles. The van der Waals surface area contributed by atoms with E-state index in [2.05, 4.69) is 213 Å². The van der Waals surface area contributed by atoms with Gasteiger partial charge in [-0.1, -0.05) is 178 Å². The number of hydrogen-bond donors (Lipinski definition) is 0. The van der Waals surface area contributed by atoms with E-state index in [4.69, 9.17) is 4.98 Å². The number of benzene rings is 8. The second kappa shape index (κ2) is 12.5. The van der Waals surface area contributed by atoms with Crippen LogP contribution in [0.15, 0.2) is 194 Å². The highest BCUT2D eigenvalue weighted by atomic mass is 15.0. The number of nitrogens with zero attached hydrogens (tertiary/aromatic N) is 2. The maximum Gasteiger partial charge on any atom is 0.137 e. The first-order chi connectivity index (χ1) is 27.5. The van der Waals surface area contributed by atoms with Crippen LogP contribution in [0, 0.1) is 0 Å². The highest BCUT2D eigenvalue weighted by molar-refractivity contribution is 6.22. The van der Waals surface area contributed by atoms with E-state index in [0.29, 0.717) is 0 Å². The van der Waals surface area contributed by atoms with Crippen molar-refractivity contribution in [3.63, 3.8) is 0 Å². The number of hydrogen-bond acceptors (Lipinski definition) is 1. The van der Waals surface area contributed by atoms with E-state index < -0.39 is 0 Å². The van der Waals surface area contributed by atoms with Gasteiger partial charge in [-0.3, -0.25) is 4.40 Å². The van der Waals surface area contributed by atoms with Gasteiger partial charge in [-0.15, -0.1) is 0 Å². The van der Waals surface area contributed by atoms with E-state index in [0.717, 1.165) is 28.2 Å². The molecule has 0 aliphatic heterocycles. The fourth-order valence-electron chi connectivity index (χ4n) is 9.32. The van der Waals surface area contributed by atoms with Crippen molar-refractivity contribution in [1.29, 1.82) is 0 Å². The van der Waals surface area contributed by atoms with Crippen molar-refractivity contribution >= 4 is 27.2 Å². The standard InChI is InChI=1S/C54H38N2/c1-54(2)47-22-12-11-19-41(47)44-33-45-46(34-48(44)54)51(43-21-10-9-20-42(43)50(45)37-26-24-36(25-27-37)35-15-5-3-6-16-35)38-28-30-39(31-29-38)52-53(40-17-7-4-8-18-40)56-32-14-13-23-49(56)55-52/h3-34H,1-2H3. The summed E-state index contributed by atoms with van der Waals surface area (Å²) in [5.41, 5.74) is 18.0. The molecule has 10 aromatic rings. The Bertz CT molecular complexity index is 3120. The summed E-state index contributed by atoms with van der Waals surface area (Å²) >= 11 is 0. The number of imidazole rings is 1. The summed E-state index contributed by atoms with van der Waals surface area (Å²) in [6, 6.07) is 68.7. The van der Waals surface area contributed by atoms with Crippen molar-refractivity contribution in [2.75, 3.05) is 0 Å². The van der Waals surface area contributed by atoms with Crippen molar-refractivity contribution in [3.05, 3.63) is 205 Å². The maximum absolute atomic E-state index is 5.17. The first-order valence-electron chi connectivity index (χ1n) is 19.5. The molecular formula is C54H38N2. The van der Waals surface area contributed by atoms with E-state index in [1.54, 1.807) is 0 Å². The third-order valence-electron chi connectivity index (χ3n) is 12.0. The Kier molecular flexibility index (Phi) is 7.24. The van der Waals surface area contributed by atoms with Gasteiger partial charge in [0.25, 0.3) is 0 Å². The van der Waals surface area contributed by atoms with Crippen molar-refractivity contribution in [2.24, 2.45) is 0 Å². The quantitative estimate of drug-likeness (QED) is 0.162. The van der Waals surface area contributed by atoms with Gasteiger partial charge in [0.1, 0.15) is 5.65 Å². The minimum absolute atomic E-state index is 0.124. The molecule has 2 heteroatoms. The Morgan fingerprint density at radius 1 is 0.393 bits per heavy atom. The molecule has 0 unspecified atom stereocenters. The fraction of sp³-hybridized carbons (Fsp3) is 0.0556. The van der Waals surface area contributed by atoms with Crippen LogP contribution in [0.3, 0.4) is 0 Å². The molecule has 1 aliphatic rings. The SMILES string of the molecule is CC1(C)c2ccccc2-c2cc3c(-c4ccc(-c5ccccc5)cc4)c4ccccc4c(-c4ccc(-c5nc6ccccn6c5-c5ccccc5)cc4)c3cc21. The van der Waals surface area contributed by atoms with Gasteiger partial charge in [0, 0.05) is 22.7 Å². The van der Waals surface area contributed by atoms with Crippen LogP contribution in [0.1, 0.15) is 25.0 Å². The van der Waals surface area contributed by atoms with Crippen LogP contribution < -0.4 is 0 Å². The monoisotopic (exact) mass is 714 g/mol. The smallest absolute Gasteiger partial charge is 0.137 e. The predicted octanol–water partition coefficient (Wildman–Crippen LogP) is 14.3. The Balaban J connectivity index is 1.15. The normalized spacial score (nSPS) is 13.0. The van der Waals surface area contributed by atoms with Crippen molar-refractivity contribution in [2.45, 2.75) is 19.3 Å². The predicted molar refractivity (Wildman–Crippen MR) is 235 cm³/mol. The summed E-state index contributed by atoms with van der Waals surface area (Å²) in [7, 11) is 0. The van der Waals surface area contributed by atoms with Crippen LogP contribution in [0.25, 0.3) is 94.2 Å². The van der Waals surface area contributed by atoms with E-state index in [-0.39, 0.29) is 5.41 Å². The molecule has 0 radical (unpaired) electrons. The zero-order chi connectivity index (χ0) is 37.4. The molecule has 0 saturated carbocycles. The second-order valence-corrected chi connectivity index (χ2v) is 15.5. The molecule has 264 valence electrons. The van der Waals surface area contributed by atoms with E-state index >= 15 is 0 Å². The number of aromatic nitrogens is 2. The molecule has 2 heterocycles. The molecule has 2 nitrogen and oxygen atoms in total. The number of pyridine rings is 1. The van der Waals surface area contributed by atoms with Crippen molar-refractivity contribution < 1.29 is 0 Å². The van der Waals surface area contributed by atoms with Crippen LogP contribution in [-0.2, 0) is 5.41 Å². The summed E-state index contributed by atoms with van der Waals surface area (Å²) in [4.78, 5) is 5.17. The third-order valence-corrected chi connectivity index (χ3v) is 12.0. The lowest BCUT2D eigenvalue weighted by molar-refractivity contribution is 0.661. The molecule has 0 amide bonds. The Labute approximate surface area is 327 Å². The molecule has 1 aliphatic carbocycles. The molecule has 0 bridgehead atoms. The lowest BCUT2D eigenvalue weighted by Crippen LogP contribution is -2.14. The fourth-order valence-corrected chi connectivity index (χ4v) is 9.32. The zero-order valence-corrected chi connectivity index (χ0v) is 31.4. The van der Waals surface area contributed by atoms with Crippen LogP contribution in [-0.4, -0.2) is 9.38 Å². The molecule has 0 N–H and O–H groups in total. The minimum atomic E-state index is -0.124. The number of rotatable bonds is 5. The molecule has 2 aromatic heterocycles. The first-order valence-corrected chi connectivity index (χ1v) is 19.5.